The van der Waals surface area contributed by atoms with Crippen molar-refractivity contribution in [2.24, 2.45) is 0 Å². The zero-order valence-corrected chi connectivity index (χ0v) is 46.2. The minimum atomic E-state index is -4.46. The van der Waals surface area contributed by atoms with Crippen LogP contribution in [0, 0.1) is 0 Å². The van der Waals surface area contributed by atoms with Gasteiger partial charge in [-0.15, -0.1) is 0 Å². The molecule has 0 radical (unpaired) electrons. The number of piperidine rings is 1. The van der Waals surface area contributed by atoms with Gasteiger partial charge in [-0.2, -0.15) is 13.0 Å². The molecule has 7 rings (SSSR count). The number of anilines is 3. The first-order valence-corrected chi connectivity index (χ1v) is 29.9. The highest BCUT2D eigenvalue weighted by Crippen LogP contribution is 2.48. The summed E-state index contributed by atoms with van der Waals surface area (Å²) >= 11 is 0. The van der Waals surface area contributed by atoms with Crippen molar-refractivity contribution in [1.82, 2.24) is 10.2 Å². The van der Waals surface area contributed by atoms with E-state index in [9.17, 15) is 40.3 Å². The third-order valence-electron chi connectivity index (χ3n) is 14.8. The molecular weight excluding hydrogens is 1000 g/mol. The predicted octanol–water partition coefficient (Wildman–Crippen LogP) is 8.46. The summed E-state index contributed by atoms with van der Waals surface area (Å²) in [6, 6.07) is 21.0. The third-order valence-corrected chi connectivity index (χ3v) is 16.4. The number of nitrogens with one attached hydrogen (secondary N) is 3. The lowest BCUT2D eigenvalue weighted by molar-refractivity contribution is -0.438. The van der Waals surface area contributed by atoms with Crippen LogP contribution in [0.2, 0.25) is 0 Å². The maximum absolute atomic E-state index is 12.8. The van der Waals surface area contributed by atoms with Gasteiger partial charge in [-0.1, -0.05) is 81.3 Å². The van der Waals surface area contributed by atoms with Gasteiger partial charge < -0.3 is 30.1 Å². The molecular formula is C58H76N6O10S2. The molecule has 18 heteroatoms. The summed E-state index contributed by atoms with van der Waals surface area (Å²) in [5.74, 6) is 0.374. The number of likely N-dealkylation sites (tertiary alicyclic amines) is 1. The standard InChI is InChI=1S/C58H76N6O10S2/c1-57(2)46-24-11-12-25-48(46)63(37-18-19-39-75(68,69)70)50(57)26-8-5-9-27-51-58(3,4)47-30-29-45(76(71,72)73)41-49(47)64(51)36-17-6-10-28-52(65)59-31-13-14-32-60-53-54(56(67)55(53)66)61-33-21-38-74-44-23-20-22-43(40-44)42-62-34-15-7-16-35-62/h5,8-9,11-12,20,22-27,29-30,40-41H,6-7,10,13-19,21,28,31-39,42H2,1-4H3,(H4-,59,60,61,65,66,67,68,69,70,71,72,73). The van der Waals surface area contributed by atoms with Crippen LogP contribution in [0.4, 0.5) is 22.7 Å². The quantitative estimate of drug-likeness (QED) is 0.0132. The molecule has 76 heavy (non-hydrogen) atoms. The average Bonchev–Trinajstić information content (AvgIpc) is 3.73. The Labute approximate surface area is 449 Å². The number of hydrogen-bond acceptors (Lipinski definition) is 13. The molecule has 16 nitrogen and oxygen atoms in total. The molecule has 0 atom stereocenters. The lowest BCUT2D eigenvalue weighted by Gasteiger charge is -2.27. The number of carbonyl (C=O) groups excluding carboxylic acids is 1. The SMILES string of the molecule is CC1(C)C(=CC=CC=CC2=[N+](CCCCS(=O)(=O)[O-])c3ccccc3C2(C)C)N(CCCCCC(=O)NCCCCNc2c(NCCCOc3cccc(CN4CCCCC4)c3)c(=O)c2=O)c2cc(S(=O)(=O)O)ccc21. The Morgan fingerprint density at radius 1 is 0.763 bits per heavy atom. The smallest absolute Gasteiger partial charge is 0.294 e. The molecule has 0 saturated carbocycles. The molecule has 1 saturated heterocycles. The number of carbonyl (C=O) groups is 1. The number of amides is 1. The molecule has 0 bridgehead atoms. The number of ether oxygens (including phenoxy) is 1. The van der Waals surface area contributed by atoms with Crippen molar-refractivity contribution in [2.45, 2.75) is 127 Å². The molecule has 0 aromatic heterocycles. The van der Waals surface area contributed by atoms with E-state index in [1.54, 1.807) is 6.07 Å². The second-order valence-electron chi connectivity index (χ2n) is 21.2. The molecule has 4 aromatic carbocycles. The van der Waals surface area contributed by atoms with Crippen LogP contribution in [0.5, 0.6) is 5.75 Å². The Balaban J connectivity index is 0.847. The average molecular weight is 1080 g/mol. The van der Waals surface area contributed by atoms with Gasteiger partial charge in [0.2, 0.25) is 11.6 Å². The minimum absolute atomic E-state index is 0.0545. The summed E-state index contributed by atoms with van der Waals surface area (Å²) in [4.78, 5) is 41.9. The molecule has 4 aromatic rings. The molecule has 410 valence electrons. The van der Waals surface area contributed by atoms with Crippen LogP contribution in [-0.2, 0) is 42.4 Å². The first-order chi connectivity index (χ1) is 36.3. The van der Waals surface area contributed by atoms with E-state index in [0.29, 0.717) is 101 Å². The number of para-hydroxylation sites is 1. The Morgan fingerprint density at radius 2 is 1.49 bits per heavy atom. The lowest BCUT2D eigenvalue weighted by atomic mass is 9.81. The van der Waals surface area contributed by atoms with E-state index < -0.39 is 42.3 Å². The Bertz CT molecular complexity index is 3110. The Hall–Kier alpha value is -5.92. The maximum Gasteiger partial charge on any atom is 0.294 e. The summed E-state index contributed by atoms with van der Waals surface area (Å²) in [6.07, 6.45) is 19.0. The topological polar surface area (TPSA) is 218 Å². The summed E-state index contributed by atoms with van der Waals surface area (Å²) in [6.45, 7) is 14.7. The number of benzene rings is 3. The Kier molecular flexibility index (Phi) is 19.7. The van der Waals surface area contributed by atoms with Crippen LogP contribution in [-0.4, -0.2) is 105 Å². The minimum Gasteiger partial charge on any atom is -0.748 e. The molecule has 1 amide bonds. The van der Waals surface area contributed by atoms with Crippen LogP contribution in [0.15, 0.2) is 117 Å². The van der Waals surface area contributed by atoms with Gasteiger partial charge in [-0.25, -0.2) is 8.42 Å². The first kappa shape index (κ1) is 57.8. The summed E-state index contributed by atoms with van der Waals surface area (Å²) in [5, 5.41) is 9.20. The maximum atomic E-state index is 12.8. The van der Waals surface area contributed by atoms with E-state index in [2.05, 4.69) is 88.4 Å². The summed E-state index contributed by atoms with van der Waals surface area (Å²) < 4.78 is 76.5. The number of nitrogens with zero attached hydrogens (tertiary/aromatic N) is 3. The number of allylic oxidation sites excluding steroid dienone is 6. The second kappa shape index (κ2) is 25.9. The van der Waals surface area contributed by atoms with Crippen LogP contribution in [0.1, 0.15) is 121 Å². The van der Waals surface area contributed by atoms with Crippen molar-refractivity contribution < 1.29 is 40.0 Å². The van der Waals surface area contributed by atoms with E-state index >= 15 is 0 Å². The largest absolute Gasteiger partial charge is 0.748 e. The van der Waals surface area contributed by atoms with E-state index in [0.717, 1.165) is 60.0 Å². The van der Waals surface area contributed by atoms with Crippen molar-refractivity contribution in [3.05, 3.63) is 140 Å². The molecule has 3 heterocycles. The van der Waals surface area contributed by atoms with Gasteiger partial charge in [0.15, 0.2) is 5.71 Å². The zero-order valence-electron chi connectivity index (χ0n) is 44.6. The highest BCUT2D eigenvalue weighted by Gasteiger charge is 2.44. The van der Waals surface area contributed by atoms with Gasteiger partial charge in [0.1, 0.15) is 23.7 Å². The van der Waals surface area contributed by atoms with Gasteiger partial charge >= 0.3 is 0 Å². The number of rotatable bonds is 29. The normalized spacial score (nSPS) is 17.0. The summed E-state index contributed by atoms with van der Waals surface area (Å²) in [7, 11) is -8.75. The highest BCUT2D eigenvalue weighted by atomic mass is 32.2. The van der Waals surface area contributed by atoms with Gasteiger partial charge in [0, 0.05) is 85.8 Å². The van der Waals surface area contributed by atoms with E-state index in [1.807, 2.05) is 48.6 Å². The number of fused-ring (bicyclic) bond motifs is 2. The lowest BCUT2D eigenvalue weighted by Crippen LogP contribution is -2.38. The van der Waals surface area contributed by atoms with E-state index in [4.69, 9.17) is 4.74 Å². The van der Waals surface area contributed by atoms with Crippen LogP contribution in [0.3, 0.4) is 0 Å². The molecule has 3 aliphatic rings. The fourth-order valence-electron chi connectivity index (χ4n) is 10.7. The first-order valence-electron chi connectivity index (χ1n) is 26.9. The highest BCUT2D eigenvalue weighted by molar-refractivity contribution is 7.86. The monoisotopic (exact) mass is 1080 g/mol. The van der Waals surface area contributed by atoms with Crippen LogP contribution < -0.4 is 36.4 Å². The van der Waals surface area contributed by atoms with Gasteiger partial charge in [0.05, 0.1) is 27.0 Å². The second-order valence-corrected chi connectivity index (χ2v) is 24.1. The van der Waals surface area contributed by atoms with Crippen molar-refractivity contribution in [3.8, 4) is 5.75 Å². The zero-order chi connectivity index (χ0) is 54.5. The van der Waals surface area contributed by atoms with Gasteiger partial charge in [0.25, 0.3) is 21.0 Å². The van der Waals surface area contributed by atoms with Gasteiger partial charge in [-0.05, 0) is 120 Å². The molecule has 4 N–H and O–H groups in total. The third kappa shape index (κ3) is 15.0. The molecule has 1 fully saturated rings. The van der Waals surface area contributed by atoms with Gasteiger partial charge in [-0.3, -0.25) is 23.8 Å². The predicted molar refractivity (Wildman–Crippen MR) is 301 cm³/mol. The number of unbranched alkanes of at least 4 members (excludes halogenated alkanes) is 4. The molecule has 0 spiro atoms. The molecule has 0 aliphatic carbocycles. The van der Waals surface area contributed by atoms with Crippen LogP contribution >= 0.6 is 0 Å². The van der Waals surface area contributed by atoms with Crippen molar-refractivity contribution in [1.29, 1.82) is 0 Å². The Morgan fingerprint density at radius 3 is 2.22 bits per heavy atom. The fourth-order valence-corrected chi connectivity index (χ4v) is 11.7. The molecule has 0 unspecified atom stereocenters. The van der Waals surface area contributed by atoms with Crippen molar-refractivity contribution in [2.75, 3.05) is 73.7 Å². The van der Waals surface area contributed by atoms with Crippen molar-refractivity contribution in [3.63, 3.8) is 0 Å². The van der Waals surface area contributed by atoms with E-state index in [1.165, 1.54) is 37.0 Å². The summed E-state index contributed by atoms with van der Waals surface area (Å²) in [5.41, 5.74) is 5.77. The number of hydrogen-bond donors (Lipinski definition) is 4. The van der Waals surface area contributed by atoms with Crippen molar-refractivity contribution >= 4 is 54.6 Å². The van der Waals surface area contributed by atoms with Crippen LogP contribution in [0.25, 0.3) is 0 Å². The fraction of sp³-hybridized carbons (Fsp3) is 0.483. The van der Waals surface area contributed by atoms with E-state index in [-0.39, 0.29) is 22.6 Å². The molecule has 3 aliphatic heterocycles.